The third kappa shape index (κ3) is 3.07. The molecule has 1 saturated carbocycles. The lowest BCUT2D eigenvalue weighted by Gasteiger charge is -2.32. The SMILES string of the molecule is CC(Nc1cc(Nc2cc(N)ncn2)c2ncn(C)c2n1)C1CCC1. The Morgan fingerprint density at radius 1 is 1.20 bits per heavy atom. The molecule has 0 amide bonds. The van der Waals surface area contributed by atoms with E-state index in [1.54, 1.807) is 12.4 Å². The van der Waals surface area contributed by atoms with Crippen molar-refractivity contribution in [1.29, 1.82) is 0 Å². The summed E-state index contributed by atoms with van der Waals surface area (Å²) in [7, 11) is 1.94. The van der Waals surface area contributed by atoms with Crippen molar-refractivity contribution in [2.75, 3.05) is 16.4 Å². The molecule has 0 aliphatic heterocycles. The van der Waals surface area contributed by atoms with Crippen LogP contribution in [0.25, 0.3) is 11.2 Å². The number of imidazole rings is 1. The Labute approximate surface area is 145 Å². The molecule has 1 unspecified atom stereocenters. The highest BCUT2D eigenvalue weighted by Gasteiger charge is 2.24. The van der Waals surface area contributed by atoms with Crippen LogP contribution in [0.2, 0.25) is 0 Å². The highest BCUT2D eigenvalue weighted by atomic mass is 15.1. The number of rotatable bonds is 5. The molecule has 0 saturated heterocycles. The van der Waals surface area contributed by atoms with Gasteiger partial charge in [0.05, 0.1) is 12.0 Å². The first-order valence-corrected chi connectivity index (χ1v) is 8.53. The summed E-state index contributed by atoms with van der Waals surface area (Å²) in [5.74, 6) is 2.60. The fourth-order valence-corrected chi connectivity index (χ4v) is 3.14. The number of nitrogens with one attached hydrogen (secondary N) is 2. The molecule has 8 heteroatoms. The Bertz CT molecular complexity index is 899. The molecule has 3 aromatic rings. The number of aryl methyl sites for hydroxylation is 1. The van der Waals surface area contributed by atoms with E-state index in [1.807, 2.05) is 17.7 Å². The molecular formula is C17H22N8. The lowest BCUT2D eigenvalue weighted by molar-refractivity contribution is 0.285. The number of nitrogens with zero attached hydrogens (tertiary/aromatic N) is 5. The van der Waals surface area contributed by atoms with Crippen molar-refractivity contribution in [3.63, 3.8) is 0 Å². The van der Waals surface area contributed by atoms with Crippen LogP contribution in [0, 0.1) is 5.92 Å². The van der Waals surface area contributed by atoms with Gasteiger partial charge in [0.2, 0.25) is 0 Å². The van der Waals surface area contributed by atoms with E-state index in [4.69, 9.17) is 10.7 Å². The number of fused-ring (bicyclic) bond motifs is 1. The van der Waals surface area contributed by atoms with Gasteiger partial charge in [0.25, 0.3) is 0 Å². The summed E-state index contributed by atoms with van der Waals surface area (Å²) in [5.41, 5.74) is 8.19. The van der Waals surface area contributed by atoms with Gasteiger partial charge in [-0.3, -0.25) is 0 Å². The topological polar surface area (TPSA) is 107 Å². The van der Waals surface area contributed by atoms with Crippen LogP contribution in [0.4, 0.5) is 23.1 Å². The van der Waals surface area contributed by atoms with Crippen molar-refractivity contribution < 1.29 is 0 Å². The normalized spacial score (nSPS) is 15.8. The molecule has 1 atom stereocenters. The zero-order chi connectivity index (χ0) is 17.4. The second-order valence-corrected chi connectivity index (χ2v) is 6.66. The molecule has 4 N–H and O–H groups in total. The molecule has 1 aliphatic rings. The third-order valence-corrected chi connectivity index (χ3v) is 4.85. The van der Waals surface area contributed by atoms with Crippen molar-refractivity contribution in [2.45, 2.75) is 32.2 Å². The molecule has 0 aromatic carbocycles. The largest absolute Gasteiger partial charge is 0.384 e. The van der Waals surface area contributed by atoms with Crippen LogP contribution in [0.5, 0.6) is 0 Å². The molecule has 8 nitrogen and oxygen atoms in total. The van der Waals surface area contributed by atoms with Crippen molar-refractivity contribution >= 4 is 34.3 Å². The molecular weight excluding hydrogens is 316 g/mol. The van der Waals surface area contributed by atoms with E-state index in [9.17, 15) is 0 Å². The van der Waals surface area contributed by atoms with Crippen LogP contribution in [0.3, 0.4) is 0 Å². The van der Waals surface area contributed by atoms with Gasteiger partial charge < -0.3 is 20.9 Å². The third-order valence-electron chi connectivity index (χ3n) is 4.85. The van der Waals surface area contributed by atoms with E-state index in [1.165, 1.54) is 25.6 Å². The predicted molar refractivity (Wildman–Crippen MR) is 98.7 cm³/mol. The molecule has 4 rings (SSSR count). The van der Waals surface area contributed by atoms with Crippen molar-refractivity contribution in [3.8, 4) is 0 Å². The van der Waals surface area contributed by atoms with E-state index in [0.717, 1.165) is 28.6 Å². The minimum atomic E-state index is 0.398. The summed E-state index contributed by atoms with van der Waals surface area (Å²) in [5, 5.41) is 6.83. The van der Waals surface area contributed by atoms with Crippen LogP contribution >= 0.6 is 0 Å². The van der Waals surface area contributed by atoms with Gasteiger partial charge in [0.1, 0.15) is 29.3 Å². The zero-order valence-corrected chi connectivity index (χ0v) is 14.4. The predicted octanol–water partition coefficient (Wildman–Crippen LogP) is 2.68. The summed E-state index contributed by atoms with van der Waals surface area (Å²) in [6, 6.07) is 4.07. The zero-order valence-electron chi connectivity index (χ0n) is 14.4. The molecule has 0 bridgehead atoms. The number of pyridine rings is 1. The number of hydrogen-bond acceptors (Lipinski definition) is 7. The first-order valence-electron chi connectivity index (χ1n) is 8.53. The Hall–Kier alpha value is -2.90. The van der Waals surface area contributed by atoms with E-state index in [0.29, 0.717) is 17.7 Å². The van der Waals surface area contributed by atoms with Crippen LogP contribution in [0.15, 0.2) is 24.8 Å². The Morgan fingerprint density at radius 2 is 2.04 bits per heavy atom. The smallest absolute Gasteiger partial charge is 0.164 e. The lowest BCUT2D eigenvalue weighted by atomic mass is 9.80. The minimum absolute atomic E-state index is 0.398. The van der Waals surface area contributed by atoms with Crippen LogP contribution < -0.4 is 16.4 Å². The van der Waals surface area contributed by atoms with Crippen LogP contribution in [-0.4, -0.2) is 30.5 Å². The maximum atomic E-state index is 5.74. The molecule has 0 radical (unpaired) electrons. The second kappa shape index (κ2) is 6.19. The minimum Gasteiger partial charge on any atom is -0.384 e. The molecule has 1 aliphatic carbocycles. The van der Waals surface area contributed by atoms with E-state index < -0.39 is 0 Å². The maximum Gasteiger partial charge on any atom is 0.164 e. The summed E-state index contributed by atoms with van der Waals surface area (Å²) in [6.45, 7) is 2.22. The van der Waals surface area contributed by atoms with Gasteiger partial charge in [0.15, 0.2) is 5.65 Å². The van der Waals surface area contributed by atoms with Gasteiger partial charge in [-0.2, -0.15) is 0 Å². The van der Waals surface area contributed by atoms with Gasteiger partial charge in [0, 0.05) is 25.2 Å². The van der Waals surface area contributed by atoms with Crippen LogP contribution in [-0.2, 0) is 7.05 Å². The Morgan fingerprint density at radius 3 is 2.76 bits per heavy atom. The maximum absolute atomic E-state index is 5.74. The van der Waals surface area contributed by atoms with Crippen molar-refractivity contribution in [3.05, 3.63) is 24.8 Å². The van der Waals surface area contributed by atoms with Gasteiger partial charge >= 0.3 is 0 Å². The number of aromatic nitrogens is 5. The van der Waals surface area contributed by atoms with Crippen LogP contribution in [0.1, 0.15) is 26.2 Å². The number of nitrogens with two attached hydrogens (primary N) is 1. The average Bonchev–Trinajstić information content (AvgIpc) is 2.87. The molecule has 0 spiro atoms. The molecule has 3 heterocycles. The highest BCUT2D eigenvalue weighted by molar-refractivity contribution is 5.89. The van der Waals surface area contributed by atoms with Gasteiger partial charge in [-0.05, 0) is 25.7 Å². The fraction of sp³-hybridized carbons (Fsp3) is 0.412. The van der Waals surface area contributed by atoms with Crippen molar-refractivity contribution in [1.82, 2.24) is 24.5 Å². The first-order chi connectivity index (χ1) is 12.1. The molecule has 25 heavy (non-hydrogen) atoms. The Balaban J connectivity index is 1.68. The summed E-state index contributed by atoms with van der Waals surface area (Å²) in [6.07, 6.45) is 7.09. The highest BCUT2D eigenvalue weighted by Crippen LogP contribution is 2.32. The standard InChI is InChI=1S/C17H22N8/c1-10(11-4-3-5-11)22-15-6-12(16-17(24-15)25(2)9-21-16)23-14-7-13(18)19-8-20-14/h6-11H,3-5H2,1-2H3,(H4,18,19,20,22,23,24). The molecule has 1 fully saturated rings. The number of anilines is 4. The van der Waals surface area contributed by atoms with Gasteiger partial charge in [-0.25, -0.2) is 19.9 Å². The van der Waals surface area contributed by atoms with E-state index in [2.05, 4.69) is 32.5 Å². The summed E-state index contributed by atoms with van der Waals surface area (Å²) in [4.78, 5) is 17.3. The first kappa shape index (κ1) is 15.6. The summed E-state index contributed by atoms with van der Waals surface area (Å²) >= 11 is 0. The quantitative estimate of drug-likeness (QED) is 0.656. The van der Waals surface area contributed by atoms with Gasteiger partial charge in [-0.1, -0.05) is 6.42 Å². The average molecular weight is 338 g/mol. The van der Waals surface area contributed by atoms with E-state index >= 15 is 0 Å². The van der Waals surface area contributed by atoms with Crippen molar-refractivity contribution in [2.24, 2.45) is 13.0 Å². The monoisotopic (exact) mass is 338 g/mol. The summed E-state index contributed by atoms with van der Waals surface area (Å²) < 4.78 is 1.91. The molecule has 130 valence electrons. The fourth-order valence-electron chi connectivity index (χ4n) is 3.14. The lowest BCUT2D eigenvalue weighted by Crippen LogP contribution is -2.31. The molecule has 3 aromatic heterocycles. The van der Waals surface area contributed by atoms with E-state index in [-0.39, 0.29) is 0 Å². The van der Waals surface area contributed by atoms with Gasteiger partial charge in [-0.15, -0.1) is 0 Å². The number of nitrogen functional groups attached to an aromatic ring is 1. The second-order valence-electron chi connectivity index (χ2n) is 6.66. The Kier molecular flexibility index (Phi) is 3.87. The number of hydrogen-bond donors (Lipinski definition) is 3.